The van der Waals surface area contributed by atoms with Crippen LogP contribution < -0.4 is 21.5 Å². The molecule has 5 N–H and O–H groups in total. The summed E-state index contributed by atoms with van der Waals surface area (Å²) in [6.45, 7) is 0. The number of rotatable bonds is 7. The third kappa shape index (κ3) is 4.63. The largest absolute Gasteiger partial charge is 0.482 e. The molecule has 172 valence electrons. The number of para-hydroxylation sites is 1. The first-order valence-electron chi connectivity index (χ1n) is 9.78. The Labute approximate surface area is 203 Å². The zero-order chi connectivity index (χ0) is 24.2. The van der Waals surface area contributed by atoms with E-state index in [1.165, 1.54) is 12.4 Å². The predicted octanol–water partition coefficient (Wildman–Crippen LogP) is 3.58. The molecule has 1 aromatic carbocycles. The van der Waals surface area contributed by atoms with E-state index in [0.717, 1.165) is 0 Å². The summed E-state index contributed by atoms with van der Waals surface area (Å²) in [5.74, 6) is 0.238. The Balaban J connectivity index is 1.65. The van der Waals surface area contributed by atoms with Gasteiger partial charge in [0.05, 0.1) is 41.0 Å². The van der Waals surface area contributed by atoms with Gasteiger partial charge in [0.1, 0.15) is 17.1 Å². The minimum absolute atomic E-state index is 0.146. The number of aromatic nitrogens is 4. The molecule has 0 saturated carbocycles. The van der Waals surface area contributed by atoms with E-state index < -0.39 is 5.91 Å². The van der Waals surface area contributed by atoms with Crippen molar-refractivity contribution in [3.8, 4) is 17.4 Å². The van der Waals surface area contributed by atoms with E-state index in [4.69, 9.17) is 39.4 Å². The van der Waals surface area contributed by atoms with Crippen LogP contribution in [0.1, 0.15) is 0 Å². The maximum atomic E-state index is 11.7. The summed E-state index contributed by atoms with van der Waals surface area (Å²) < 4.78 is 7.14. The van der Waals surface area contributed by atoms with Crippen molar-refractivity contribution in [2.45, 2.75) is 0 Å². The number of methoxy groups -OCH3 is 1. The van der Waals surface area contributed by atoms with Gasteiger partial charge in [0.25, 0.3) is 5.91 Å². The molecule has 3 aromatic heterocycles. The Morgan fingerprint density at radius 1 is 1.09 bits per heavy atom. The van der Waals surface area contributed by atoms with Gasteiger partial charge in [-0.15, -0.1) is 10.2 Å². The second kappa shape index (κ2) is 9.77. The first-order valence-corrected chi connectivity index (χ1v) is 10.5. The Kier molecular flexibility index (Phi) is 6.62. The highest BCUT2D eigenvalue weighted by Crippen LogP contribution is 2.32. The number of nitrogens with zero attached hydrogens (tertiary/aromatic N) is 5. The number of nitrogens with one attached hydrogen (secondary N) is 1. The number of halogens is 2. The molecule has 0 radical (unpaired) electrons. The number of allylic oxidation sites excluding steroid dienone is 1. The normalized spacial score (nSPS) is 12.1. The van der Waals surface area contributed by atoms with Crippen LogP contribution in [0.15, 0.2) is 71.1 Å². The SMILES string of the molecule is COc1cccc2nnc(-c3ccc(NC(C=Nc4c(Cl)cccc4Cl)=C(N)C(N)=O)cn3)n12. The second-order valence-corrected chi connectivity index (χ2v) is 7.68. The van der Waals surface area contributed by atoms with Gasteiger partial charge in [-0.25, -0.2) is 4.40 Å². The molecule has 0 aliphatic rings. The van der Waals surface area contributed by atoms with Crippen LogP contribution in [-0.4, -0.2) is 38.8 Å². The highest BCUT2D eigenvalue weighted by molar-refractivity contribution is 6.38. The number of hydrogen-bond donors (Lipinski definition) is 3. The number of nitrogens with two attached hydrogens (primary N) is 2. The molecule has 0 unspecified atom stereocenters. The molecule has 0 saturated heterocycles. The highest BCUT2D eigenvalue weighted by Gasteiger charge is 2.14. The smallest absolute Gasteiger partial charge is 0.266 e. The fraction of sp³-hybridized carbons (Fsp3) is 0.0455. The van der Waals surface area contributed by atoms with E-state index in [0.29, 0.717) is 44.5 Å². The van der Waals surface area contributed by atoms with Crippen molar-refractivity contribution in [2.75, 3.05) is 12.4 Å². The van der Waals surface area contributed by atoms with E-state index in [2.05, 4.69) is 25.5 Å². The lowest BCUT2D eigenvalue weighted by Gasteiger charge is -2.10. The van der Waals surface area contributed by atoms with Gasteiger partial charge < -0.3 is 21.5 Å². The molecule has 0 bridgehead atoms. The highest BCUT2D eigenvalue weighted by atomic mass is 35.5. The number of aliphatic imine (C=N–C) groups is 1. The number of anilines is 1. The summed E-state index contributed by atoms with van der Waals surface area (Å²) in [5.41, 5.74) is 13.2. The average molecular weight is 497 g/mol. The molecule has 4 rings (SSSR count). The summed E-state index contributed by atoms with van der Waals surface area (Å²) in [5, 5.41) is 12.0. The number of hydrogen-bond acceptors (Lipinski definition) is 8. The first-order chi connectivity index (χ1) is 16.4. The van der Waals surface area contributed by atoms with Crippen LogP contribution in [0.4, 0.5) is 11.4 Å². The number of fused-ring (bicyclic) bond motifs is 1. The maximum absolute atomic E-state index is 11.7. The summed E-state index contributed by atoms with van der Waals surface area (Å²) in [6, 6.07) is 13.8. The molecule has 0 spiro atoms. The molecule has 12 heteroatoms. The van der Waals surface area contributed by atoms with Crippen molar-refractivity contribution in [1.29, 1.82) is 0 Å². The summed E-state index contributed by atoms with van der Waals surface area (Å²) in [4.78, 5) is 20.4. The van der Waals surface area contributed by atoms with Gasteiger partial charge in [0.15, 0.2) is 11.5 Å². The zero-order valence-corrected chi connectivity index (χ0v) is 19.2. The number of carbonyl (C=O) groups excluding carboxylic acids is 1. The third-order valence-corrected chi connectivity index (χ3v) is 5.30. The molecular weight excluding hydrogens is 479 g/mol. The standard InChI is InChI=1S/C22H18Cl2N8O2/c1-34-18-7-3-6-17-30-31-22(32(17)18)15-9-8-12(10-27-15)29-16(19(25)21(26)33)11-28-20-13(23)4-2-5-14(20)24/h2-11,29H,25H2,1H3,(H2,26,33). The minimum atomic E-state index is -0.828. The number of ether oxygens (including phenoxy) is 1. The molecule has 34 heavy (non-hydrogen) atoms. The van der Waals surface area contributed by atoms with Crippen LogP contribution >= 0.6 is 23.2 Å². The van der Waals surface area contributed by atoms with Crippen LogP contribution in [0, 0.1) is 0 Å². The Bertz CT molecular complexity index is 1410. The van der Waals surface area contributed by atoms with Crippen LogP contribution in [0.2, 0.25) is 10.0 Å². The molecular formula is C22H18Cl2N8O2. The van der Waals surface area contributed by atoms with Crippen LogP contribution in [0.5, 0.6) is 5.88 Å². The molecule has 1 amide bonds. The summed E-state index contributed by atoms with van der Waals surface area (Å²) in [7, 11) is 1.56. The van der Waals surface area contributed by atoms with Crippen LogP contribution in [0.25, 0.3) is 17.2 Å². The van der Waals surface area contributed by atoms with Gasteiger partial charge in [-0.05, 0) is 36.4 Å². The van der Waals surface area contributed by atoms with E-state index in [1.807, 2.05) is 12.1 Å². The lowest BCUT2D eigenvalue weighted by atomic mass is 10.2. The van der Waals surface area contributed by atoms with Gasteiger partial charge in [-0.2, -0.15) is 0 Å². The van der Waals surface area contributed by atoms with E-state index in [9.17, 15) is 4.79 Å². The van der Waals surface area contributed by atoms with Gasteiger partial charge in [0, 0.05) is 0 Å². The Morgan fingerprint density at radius 2 is 1.82 bits per heavy atom. The second-order valence-electron chi connectivity index (χ2n) is 6.86. The lowest BCUT2D eigenvalue weighted by Crippen LogP contribution is -2.25. The van der Waals surface area contributed by atoms with Crippen molar-refractivity contribution in [2.24, 2.45) is 16.5 Å². The Morgan fingerprint density at radius 3 is 2.47 bits per heavy atom. The first kappa shape index (κ1) is 23.0. The number of benzene rings is 1. The van der Waals surface area contributed by atoms with Crippen molar-refractivity contribution < 1.29 is 9.53 Å². The van der Waals surface area contributed by atoms with Crippen molar-refractivity contribution in [3.63, 3.8) is 0 Å². The van der Waals surface area contributed by atoms with Crippen LogP contribution in [0.3, 0.4) is 0 Å². The maximum Gasteiger partial charge on any atom is 0.266 e. The fourth-order valence-electron chi connectivity index (χ4n) is 3.04. The molecule has 3 heterocycles. The van der Waals surface area contributed by atoms with Crippen molar-refractivity contribution >= 4 is 52.3 Å². The predicted molar refractivity (Wildman–Crippen MR) is 131 cm³/mol. The lowest BCUT2D eigenvalue weighted by molar-refractivity contribution is -0.114. The minimum Gasteiger partial charge on any atom is -0.482 e. The number of pyridine rings is 2. The molecule has 10 nitrogen and oxygen atoms in total. The van der Waals surface area contributed by atoms with Crippen LogP contribution in [-0.2, 0) is 4.79 Å². The quantitative estimate of drug-likeness (QED) is 0.261. The molecule has 0 atom stereocenters. The van der Waals surface area contributed by atoms with Gasteiger partial charge in [-0.1, -0.05) is 35.3 Å². The summed E-state index contributed by atoms with van der Waals surface area (Å²) in [6.07, 6.45) is 2.86. The molecule has 0 aliphatic heterocycles. The number of primary amides is 1. The average Bonchev–Trinajstić information content (AvgIpc) is 3.27. The van der Waals surface area contributed by atoms with Gasteiger partial charge in [-0.3, -0.25) is 14.8 Å². The zero-order valence-electron chi connectivity index (χ0n) is 17.7. The summed E-state index contributed by atoms with van der Waals surface area (Å²) >= 11 is 12.3. The molecule has 0 aliphatic carbocycles. The fourth-order valence-corrected chi connectivity index (χ4v) is 3.53. The molecule has 4 aromatic rings. The third-order valence-electron chi connectivity index (χ3n) is 4.69. The topological polar surface area (TPSA) is 146 Å². The van der Waals surface area contributed by atoms with E-state index >= 15 is 0 Å². The van der Waals surface area contributed by atoms with E-state index in [-0.39, 0.29) is 11.4 Å². The number of amides is 1. The van der Waals surface area contributed by atoms with Gasteiger partial charge in [0.2, 0.25) is 5.88 Å². The van der Waals surface area contributed by atoms with Gasteiger partial charge >= 0.3 is 0 Å². The molecule has 0 fully saturated rings. The van der Waals surface area contributed by atoms with Crippen molar-refractivity contribution in [3.05, 3.63) is 76.2 Å². The monoisotopic (exact) mass is 496 g/mol. The van der Waals surface area contributed by atoms with E-state index in [1.54, 1.807) is 47.9 Å². The Hall–Kier alpha value is -4.15. The number of carbonyl (C=O) groups is 1. The van der Waals surface area contributed by atoms with Crippen molar-refractivity contribution in [1.82, 2.24) is 19.6 Å².